The van der Waals surface area contributed by atoms with Crippen LogP contribution in [0, 0.1) is 0 Å². The van der Waals surface area contributed by atoms with E-state index in [0.29, 0.717) is 5.75 Å². The molecule has 0 fully saturated rings. The Bertz CT molecular complexity index is 433. The minimum atomic E-state index is -0.959. The van der Waals surface area contributed by atoms with Crippen LogP contribution in [0.5, 0.6) is 0 Å². The van der Waals surface area contributed by atoms with E-state index in [1.54, 1.807) is 18.2 Å². The molecule has 0 aromatic heterocycles. The molecule has 0 atom stereocenters. The second-order valence-electron chi connectivity index (χ2n) is 3.18. The Balaban J connectivity index is 2.60. The van der Waals surface area contributed by atoms with Gasteiger partial charge < -0.3 is 9.84 Å². The zero-order valence-electron chi connectivity index (χ0n) is 9.10. The number of hydrogen-bond donors (Lipinski definition) is 1. The maximum atomic E-state index is 10.9. The highest BCUT2D eigenvalue weighted by Gasteiger charge is 2.07. The number of carbonyl (C=O) groups is 2. The van der Waals surface area contributed by atoms with Crippen LogP contribution in [0.25, 0.3) is 0 Å². The van der Waals surface area contributed by atoms with Crippen molar-refractivity contribution >= 4 is 39.6 Å². The molecule has 0 heterocycles. The minimum absolute atomic E-state index is 0.235. The van der Waals surface area contributed by atoms with Crippen molar-refractivity contribution in [1.29, 1.82) is 0 Å². The summed E-state index contributed by atoms with van der Waals surface area (Å²) in [4.78, 5) is 21.6. The average Bonchev–Trinajstić information content (AvgIpc) is 2.30. The molecule has 0 amide bonds. The van der Waals surface area contributed by atoms with Gasteiger partial charge in [0.15, 0.2) is 0 Å². The number of benzene rings is 1. The standard InChI is InChI=1S/C11H11BrO4S/c1-16-10(13)6-17-5-8-3-2-7(11(14)15)4-9(8)12/h2-4H,5-6H2,1H3,(H,14,15). The molecule has 6 heteroatoms. The molecule has 4 nitrogen and oxygen atoms in total. The molecule has 0 unspecified atom stereocenters. The van der Waals surface area contributed by atoms with Crippen molar-refractivity contribution in [2.24, 2.45) is 0 Å². The SMILES string of the molecule is COC(=O)CSCc1ccc(C(=O)O)cc1Br. The van der Waals surface area contributed by atoms with E-state index < -0.39 is 5.97 Å². The topological polar surface area (TPSA) is 63.6 Å². The molecule has 0 bridgehead atoms. The summed E-state index contributed by atoms with van der Waals surface area (Å²) in [5.41, 5.74) is 1.18. The number of hydrogen-bond acceptors (Lipinski definition) is 4. The van der Waals surface area contributed by atoms with Gasteiger partial charge in [-0.15, -0.1) is 11.8 Å². The summed E-state index contributed by atoms with van der Waals surface area (Å²) in [5, 5.41) is 8.79. The second kappa shape index (κ2) is 6.66. The van der Waals surface area contributed by atoms with Gasteiger partial charge in [0.1, 0.15) is 0 Å². The number of halogens is 1. The van der Waals surface area contributed by atoms with Crippen LogP contribution in [0.3, 0.4) is 0 Å². The predicted molar refractivity (Wildman–Crippen MR) is 69.3 cm³/mol. The molecule has 0 aliphatic rings. The smallest absolute Gasteiger partial charge is 0.335 e. The monoisotopic (exact) mass is 318 g/mol. The fourth-order valence-corrected chi connectivity index (χ4v) is 2.66. The molecular weight excluding hydrogens is 308 g/mol. The van der Waals surface area contributed by atoms with Crippen molar-refractivity contribution in [2.75, 3.05) is 12.9 Å². The van der Waals surface area contributed by atoms with Crippen LogP contribution in [0.4, 0.5) is 0 Å². The van der Waals surface area contributed by atoms with Gasteiger partial charge in [0.25, 0.3) is 0 Å². The quantitative estimate of drug-likeness (QED) is 0.845. The zero-order valence-corrected chi connectivity index (χ0v) is 11.5. The summed E-state index contributed by atoms with van der Waals surface area (Å²) in [7, 11) is 1.35. The molecule has 0 radical (unpaired) electrons. The molecular formula is C11H11BrO4S. The molecule has 1 aromatic carbocycles. The van der Waals surface area contributed by atoms with Gasteiger partial charge in [0.2, 0.25) is 0 Å². The Kier molecular flexibility index (Phi) is 5.50. The lowest BCUT2D eigenvalue weighted by Gasteiger charge is -2.05. The molecule has 1 N–H and O–H groups in total. The highest BCUT2D eigenvalue weighted by Crippen LogP contribution is 2.23. The van der Waals surface area contributed by atoms with Gasteiger partial charge in [-0.1, -0.05) is 22.0 Å². The van der Waals surface area contributed by atoms with Crippen molar-refractivity contribution in [3.05, 3.63) is 33.8 Å². The summed E-state index contributed by atoms with van der Waals surface area (Å²) in [6.07, 6.45) is 0. The van der Waals surface area contributed by atoms with Crippen LogP contribution in [0.15, 0.2) is 22.7 Å². The number of thioether (sulfide) groups is 1. The van der Waals surface area contributed by atoms with Gasteiger partial charge in [-0.05, 0) is 17.7 Å². The molecule has 17 heavy (non-hydrogen) atoms. The predicted octanol–water partition coefficient (Wildman–Crippen LogP) is 2.55. The van der Waals surface area contributed by atoms with Gasteiger partial charge >= 0.3 is 11.9 Å². The molecule has 0 saturated heterocycles. The summed E-state index contributed by atoms with van der Waals surface area (Å²) in [6.45, 7) is 0. The largest absolute Gasteiger partial charge is 0.478 e. The van der Waals surface area contributed by atoms with Gasteiger partial charge in [-0.2, -0.15) is 0 Å². The van der Waals surface area contributed by atoms with E-state index in [0.717, 1.165) is 10.0 Å². The molecule has 1 aromatic rings. The number of ether oxygens (including phenoxy) is 1. The highest BCUT2D eigenvalue weighted by atomic mass is 79.9. The first-order chi connectivity index (χ1) is 8.04. The summed E-state index contributed by atoms with van der Waals surface area (Å²) < 4.78 is 5.25. The summed E-state index contributed by atoms with van der Waals surface area (Å²) >= 11 is 4.72. The van der Waals surface area contributed by atoms with Crippen molar-refractivity contribution in [2.45, 2.75) is 5.75 Å². The number of carboxylic acids is 1. The van der Waals surface area contributed by atoms with Gasteiger partial charge in [-0.3, -0.25) is 4.79 Å². The van der Waals surface area contributed by atoms with E-state index in [4.69, 9.17) is 5.11 Å². The molecule has 0 saturated carbocycles. The number of carboxylic acid groups (broad SMARTS) is 1. The van der Waals surface area contributed by atoms with Crippen LogP contribution < -0.4 is 0 Å². The van der Waals surface area contributed by atoms with Crippen molar-refractivity contribution in [3.63, 3.8) is 0 Å². The number of methoxy groups -OCH3 is 1. The van der Waals surface area contributed by atoms with Crippen molar-refractivity contribution in [1.82, 2.24) is 0 Å². The molecule has 1 rings (SSSR count). The van der Waals surface area contributed by atoms with E-state index in [9.17, 15) is 9.59 Å². The molecule has 92 valence electrons. The summed E-state index contributed by atoms with van der Waals surface area (Å²) in [5.74, 6) is -0.327. The van der Waals surface area contributed by atoms with Gasteiger partial charge in [0, 0.05) is 10.2 Å². The van der Waals surface area contributed by atoms with Crippen LogP contribution in [-0.2, 0) is 15.3 Å². The lowest BCUT2D eigenvalue weighted by Crippen LogP contribution is -2.03. The Labute approximate surface area is 111 Å². The van der Waals surface area contributed by atoms with E-state index >= 15 is 0 Å². The Hall–Kier alpha value is -1.01. The highest BCUT2D eigenvalue weighted by molar-refractivity contribution is 9.10. The average molecular weight is 319 g/mol. The normalized spacial score (nSPS) is 10.0. The molecule has 0 aliphatic heterocycles. The van der Waals surface area contributed by atoms with Crippen molar-refractivity contribution in [3.8, 4) is 0 Å². The maximum Gasteiger partial charge on any atom is 0.335 e. The summed E-state index contributed by atoms with van der Waals surface area (Å²) in [6, 6.07) is 4.83. The first-order valence-corrected chi connectivity index (χ1v) is 6.65. The van der Waals surface area contributed by atoms with E-state index in [2.05, 4.69) is 20.7 Å². The van der Waals surface area contributed by atoms with Gasteiger partial charge in [0.05, 0.1) is 18.4 Å². The fourth-order valence-electron chi connectivity index (χ4n) is 1.10. The third-order valence-electron chi connectivity index (χ3n) is 2.01. The third-order valence-corrected chi connectivity index (χ3v) is 3.70. The van der Waals surface area contributed by atoms with Gasteiger partial charge in [-0.25, -0.2) is 4.79 Å². The Morgan fingerprint density at radius 3 is 2.71 bits per heavy atom. The first kappa shape index (κ1) is 14.1. The lowest BCUT2D eigenvalue weighted by molar-refractivity contribution is -0.137. The lowest BCUT2D eigenvalue weighted by atomic mass is 10.1. The van der Waals surface area contributed by atoms with Crippen LogP contribution >= 0.6 is 27.7 Å². The van der Waals surface area contributed by atoms with Crippen molar-refractivity contribution < 1.29 is 19.4 Å². The second-order valence-corrected chi connectivity index (χ2v) is 5.02. The minimum Gasteiger partial charge on any atom is -0.478 e. The fraction of sp³-hybridized carbons (Fsp3) is 0.273. The number of esters is 1. The zero-order chi connectivity index (χ0) is 12.8. The molecule has 0 aliphatic carbocycles. The first-order valence-electron chi connectivity index (χ1n) is 4.71. The molecule has 0 spiro atoms. The van der Waals surface area contributed by atoms with Crippen LogP contribution in [-0.4, -0.2) is 29.9 Å². The Morgan fingerprint density at radius 2 is 2.18 bits per heavy atom. The van der Waals surface area contributed by atoms with Crippen LogP contribution in [0.1, 0.15) is 15.9 Å². The van der Waals surface area contributed by atoms with E-state index in [1.165, 1.54) is 18.9 Å². The maximum absolute atomic E-state index is 10.9. The third kappa shape index (κ3) is 4.40. The number of carbonyl (C=O) groups excluding carboxylic acids is 1. The number of rotatable bonds is 5. The number of aromatic carboxylic acids is 1. The van der Waals surface area contributed by atoms with E-state index in [1.807, 2.05) is 0 Å². The van der Waals surface area contributed by atoms with Crippen LogP contribution in [0.2, 0.25) is 0 Å². The Morgan fingerprint density at radius 1 is 1.47 bits per heavy atom. The van der Waals surface area contributed by atoms with E-state index in [-0.39, 0.29) is 17.3 Å².